The second-order valence-corrected chi connectivity index (χ2v) is 6.29. The molecule has 0 aliphatic carbocycles. The van der Waals surface area contributed by atoms with Gasteiger partial charge in [-0.05, 0) is 38.0 Å². The predicted molar refractivity (Wildman–Crippen MR) is 91.7 cm³/mol. The third-order valence-corrected chi connectivity index (χ3v) is 4.49. The molecule has 0 bridgehead atoms. The molecule has 1 heterocycles. The highest BCUT2D eigenvalue weighted by atomic mass is 32.2. The molecule has 0 aliphatic heterocycles. The summed E-state index contributed by atoms with van der Waals surface area (Å²) < 4.78 is 5.38. The molecule has 22 heavy (non-hydrogen) atoms. The maximum absolute atomic E-state index is 11.9. The number of nitrogens with zero attached hydrogens (tertiary/aromatic N) is 1. The standard InChI is InChI=1S/C17H22N2O2S/c1-5-12(3)18-15(20)10-22-16-9-11(2)13-7-6-8-14(21-4)17(13)19-16/h6-9,12H,5,10H2,1-4H3,(H,18,20). The zero-order chi connectivity index (χ0) is 16.1. The first-order valence-corrected chi connectivity index (χ1v) is 8.40. The van der Waals surface area contributed by atoms with Crippen molar-refractivity contribution in [2.75, 3.05) is 12.9 Å². The number of benzene rings is 1. The molecule has 0 radical (unpaired) electrons. The second-order valence-electron chi connectivity index (χ2n) is 5.30. The van der Waals surface area contributed by atoms with Crippen LogP contribution in [-0.4, -0.2) is 29.8 Å². The quantitative estimate of drug-likeness (QED) is 0.828. The van der Waals surface area contributed by atoms with Crippen LogP contribution in [-0.2, 0) is 4.79 Å². The highest BCUT2D eigenvalue weighted by Gasteiger charge is 2.10. The van der Waals surface area contributed by atoms with E-state index in [0.29, 0.717) is 5.75 Å². The first kappa shape index (κ1) is 16.6. The van der Waals surface area contributed by atoms with E-state index < -0.39 is 0 Å². The fourth-order valence-corrected chi connectivity index (χ4v) is 2.94. The maximum Gasteiger partial charge on any atom is 0.230 e. The molecule has 5 heteroatoms. The van der Waals surface area contributed by atoms with E-state index in [9.17, 15) is 4.79 Å². The van der Waals surface area contributed by atoms with E-state index in [2.05, 4.69) is 17.2 Å². The minimum atomic E-state index is 0.0407. The van der Waals surface area contributed by atoms with Gasteiger partial charge in [0.2, 0.25) is 5.91 Å². The first-order valence-electron chi connectivity index (χ1n) is 7.41. The van der Waals surface area contributed by atoms with Crippen molar-refractivity contribution in [3.63, 3.8) is 0 Å². The molecule has 1 amide bonds. The van der Waals surface area contributed by atoms with Crippen molar-refractivity contribution in [2.45, 2.75) is 38.3 Å². The van der Waals surface area contributed by atoms with Crippen molar-refractivity contribution >= 4 is 28.6 Å². The average molecular weight is 318 g/mol. The van der Waals surface area contributed by atoms with E-state index in [-0.39, 0.29) is 11.9 Å². The molecular formula is C17H22N2O2S. The first-order chi connectivity index (χ1) is 10.5. The second kappa shape index (κ2) is 7.49. The fraction of sp³-hybridized carbons (Fsp3) is 0.412. The Labute approximate surface area is 135 Å². The topological polar surface area (TPSA) is 51.2 Å². The monoisotopic (exact) mass is 318 g/mol. The molecule has 2 rings (SSSR count). The van der Waals surface area contributed by atoms with E-state index in [4.69, 9.17) is 4.74 Å². The number of nitrogens with one attached hydrogen (secondary N) is 1. The molecular weight excluding hydrogens is 296 g/mol. The summed E-state index contributed by atoms with van der Waals surface area (Å²) in [6.45, 7) is 6.11. The number of hydrogen-bond donors (Lipinski definition) is 1. The molecule has 0 aliphatic rings. The summed E-state index contributed by atoms with van der Waals surface area (Å²) in [5.74, 6) is 1.17. The van der Waals surface area contributed by atoms with Crippen LogP contribution in [0.4, 0.5) is 0 Å². The number of fused-ring (bicyclic) bond motifs is 1. The van der Waals surface area contributed by atoms with Gasteiger partial charge in [-0.2, -0.15) is 0 Å². The fourth-order valence-electron chi connectivity index (χ4n) is 2.16. The van der Waals surface area contributed by atoms with Crippen LogP contribution >= 0.6 is 11.8 Å². The van der Waals surface area contributed by atoms with Gasteiger partial charge in [-0.25, -0.2) is 4.98 Å². The summed E-state index contributed by atoms with van der Waals surface area (Å²) in [7, 11) is 1.64. The lowest BCUT2D eigenvalue weighted by Gasteiger charge is -2.12. The Morgan fingerprint density at radius 2 is 2.23 bits per heavy atom. The summed E-state index contributed by atoms with van der Waals surface area (Å²) in [4.78, 5) is 16.5. The zero-order valence-electron chi connectivity index (χ0n) is 13.5. The highest BCUT2D eigenvalue weighted by Crippen LogP contribution is 2.29. The number of aromatic nitrogens is 1. The van der Waals surface area contributed by atoms with Gasteiger partial charge in [0, 0.05) is 11.4 Å². The largest absolute Gasteiger partial charge is 0.494 e. The number of amides is 1. The van der Waals surface area contributed by atoms with Crippen molar-refractivity contribution in [1.82, 2.24) is 10.3 Å². The van der Waals surface area contributed by atoms with Crippen molar-refractivity contribution in [2.24, 2.45) is 0 Å². The number of carbonyl (C=O) groups excluding carboxylic acids is 1. The molecule has 1 unspecified atom stereocenters. The van der Waals surface area contributed by atoms with E-state index in [1.54, 1.807) is 7.11 Å². The van der Waals surface area contributed by atoms with Crippen molar-refractivity contribution < 1.29 is 9.53 Å². The Hall–Kier alpha value is -1.75. The third kappa shape index (κ3) is 3.91. The van der Waals surface area contributed by atoms with Crippen molar-refractivity contribution in [3.05, 3.63) is 29.8 Å². The van der Waals surface area contributed by atoms with Gasteiger partial charge >= 0.3 is 0 Å². The van der Waals surface area contributed by atoms with E-state index in [1.807, 2.05) is 38.1 Å². The number of pyridine rings is 1. The van der Waals surface area contributed by atoms with E-state index in [0.717, 1.165) is 33.7 Å². The van der Waals surface area contributed by atoms with Gasteiger partial charge in [0.25, 0.3) is 0 Å². The number of methoxy groups -OCH3 is 1. The lowest BCUT2D eigenvalue weighted by atomic mass is 10.1. The summed E-state index contributed by atoms with van der Waals surface area (Å²) in [5, 5.41) is 4.88. The molecule has 118 valence electrons. The van der Waals surface area contributed by atoms with Gasteiger partial charge in [-0.15, -0.1) is 0 Å². The summed E-state index contributed by atoms with van der Waals surface area (Å²) in [6.07, 6.45) is 0.931. The minimum absolute atomic E-state index is 0.0407. The van der Waals surface area contributed by atoms with Crippen LogP contribution < -0.4 is 10.1 Å². The van der Waals surface area contributed by atoms with Gasteiger partial charge in [0.1, 0.15) is 11.3 Å². The molecule has 1 aromatic heterocycles. The number of carbonyl (C=O) groups is 1. The normalized spacial score (nSPS) is 12.2. The zero-order valence-corrected chi connectivity index (χ0v) is 14.3. The van der Waals surface area contributed by atoms with Crippen LogP contribution in [0.3, 0.4) is 0 Å². The van der Waals surface area contributed by atoms with Crippen molar-refractivity contribution in [1.29, 1.82) is 0 Å². The minimum Gasteiger partial charge on any atom is -0.494 e. The Morgan fingerprint density at radius 1 is 1.45 bits per heavy atom. The lowest BCUT2D eigenvalue weighted by Crippen LogP contribution is -2.33. The number of rotatable bonds is 6. The molecule has 1 atom stereocenters. The van der Waals surface area contributed by atoms with Crippen LogP contribution in [0.25, 0.3) is 10.9 Å². The van der Waals surface area contributed by atoms with Crippen LogP contribution in [0, 0.1) is 6.92 Å². The molecule has 0 fully saturated rings. The molecule has 2 aromatic rings. The Kier molecular flexibility index (Phi) is 5.66. The molecule has 0 spiro atoms. The van der Waals surface area contributed by atoms with Gasteiger partial charge in [-0.3, -0.25) is 4.79 Å². The number of thioether (sulfide) groups is 1. The predicted octanol–water partition coefficient (Wildman–Crippen LogP) is 3.56. The molecule has 1 N–H and O–H groups in total. The smallest absolute Gasteiger partial charge is 0.230 e. The van der Waals surface area contributed by atoms with Crippen LogP contribution in [0.1, 0.15) is 25.8 Å². The number of para-hydroxylation sites is 1. The van der Waals surface area contributed by atoms with Gasteiger partial charge < -0.3 is 10.1 Å². The average Bonchev–Trinajstić information content (AvgIpc) is 2.52. The van der Waals surface area contributed by atoms with Gasteiger partial charge in [-0.1, -0.05) is 30.8 Å². The van der Waals surface area contributed by atoms with Crippen LogP contribution in [0.5, 0.6) is 5.75 Å². The summed E-state index contributed by atoms with van der Waals surface area (Å²) >= 11 is 1.45. The Bertz CT molecular complexity index is 673. The number of ether oxygens (including phenoxy) is 1. The molecule has 0 saturated heterocycles. The summed E-state index contributed by atoms with van der Waals surface area (Å²) in [6, 6.07) is 8.12. The lowest BCUT2D eigenvalue weighted by molar-refractivity contribution is -0.119. The Morgan fingerprint density at radius 3 is 2.91 bits per heavy atom. The third-order valence-electron chi connectivity index (χ3n) is 3.58. The highest BCUT2D eigenvalue weighted by molar-refractivity contribution is 7.99. The van der Waals surface area contributed by atoms with Gasteiger partial charge in [0.05, 0.1) is 17.9 Å². The maximum atomic E-state index is 11.9. The SMILES string of the molecule is CCC(C)NC(=O)CSc1cc(C)c2cccc(OC)c2n1. The molecule has 0 saturated carbocycles. The number of aryl methyl sites for hydroxylation is 1. The van der Waals surface area contributed by atoms with E-state index in [1.165, 1.54) is 11.8 Å². The number of hydrogen-bond acceptors (Lipinski definition) is 4. The summed E-state index contributed by atoms with van der Waals surface area (Å²) in [5.41, 5.74) is 1.98. The molecule has 1 aromatic carbocycles. The van der Waals surface area contributed by atoms with Crippen LogP contribution in [0.2, 0.25) is 0 Å². The van der Waals surface area contributed by atoms with Crippen LogP contribution in [0.15, 0.2) is 29.3 Å². The van der Waals surface area contributed by atoms with Gasteiger partial charge in [0.15, 0.2) is 0 Å². The Balaban J connectivity index is 2.17. The van der Waals surface area contributed by atoms with E-state index >= 15 is 0 Å². The molecule has 4 nitrogen and oxygen atoms in total. The van der Waals surface area contributed by atoms with Crippen molar-refractivity contribution in [3.8, 4) is 5.75 Å².